The lowest BCUT2D eigenvalue weighted by molar-refractivity contribution is 0.0595. The summed E-state index contributed by atoms with van der Waals surface area (Å²) in [4.78, 5) is 11.3. The molecule has 1 N–H and O–H groups in total. The van der Waals surface area contributed by atoms with Crippen molar-refractivity contribution in [2.75, 3.05) is 7.11 Å². The number of methoxy groups -OCH3 is 1. The maximum atomic E-state index is 13.7. The topological polar surface area (TPSA) is 55.8 Å². The largest absolute Gasteiger partial charge is 0.489 e. The maximum absolute atomic E-state index is 13.7. The van der Waals surface area contributed by atoms with Crippen LogP contribution in [0.3, 0.4) is 0 Å². The molecule has 110 valence electrons. The summed E-state index contributed by atoms with van der Waals surface area (Å²) in [7, 11) is 1.20. The van der Waals surface area contributed by atoms with E-state index in [0.717, 1.165) is 5.56 Å². The quantitative estimate of drug-likeness (QED) is 0.860. The molecule has 2 aromatic carbocycles. The predicted molar refractivity (Wildman–Crippen MR) is 74.4 cm³/mol. The third-order valence-electron chi connectivity index (χ3n) is 2.93. The van der Waals surface area contributed by atoms with Gasteiger partial charge >= 0.3 is 5.97 Å². The minimum atomic E-state index is -0.712. The number of halogens is 1. The molecule has 0 aliphatic rings. The molecular weight excluding hydrogens is 275 g/mol. The fraction of sp³-hybridized carbons (Fsp3) is 0.188. The predicted octanol–water partition coefficient (Wildman–Crippen LogP) is 2.68. The fourth-order valence-electron chi connectivity index (χ4n) is 1.82. The van der Waals surface area contributed by atoms with Crippen LogP contribution in [0, 0.1) is 5.82 Å². The molecule has 2 rings (SSSR count). The number of aliphatic hydroxyl groups is 1. The van der Waals surface area contributed by atoms with Gasteiger partial charge in [-0.2, -0.15) is 0 Å². The van der Waals surface area contributed by atoms with E-state index in [2.05, 4.69) is 4.74 Å². The van der Waals surface area contributed by atoms with E-state index in [-0.39, 0.29) is 18.8 Å². The van der Waals surface area contributed by atoms with E-state index in [1.165, 1.54) is 19.2 Å². The Labute approximate surface area is 121 Å². The first-order chi connectivity index (χ1) is 10.1. The van der Waals surface area contributed by atoms with Gasteiger partial charge in [-0.05, 0) is 35.4 Å². The molecule has 21 heavy (non-hydrogen) atoms. The minimum absolute atomic E-state index is 0.0698. The molecule has 0 saturated heterocycles. The Bertz CT molecular complexity index is 640. The molecule has 0 saturated carbocycles. The lowest BCUT2D eigenvalue weighted by atomic mass is 10.1. The first-order valence-electron chi connectivity index (χ1n) is 6.33. The van der Waals surface area contributed by atoms with Crippen molar-refractivity contribution in [3.05, 3.63) is 65.0 Å². The monoisotopic (exact) mass is 290 g/mol. The van der Waals surface area contributed by atoms with Crippen LogP contribution >= 0.6 is 0 Å². The highest BCUT2D eigenvalue weighted by Crippen LogP contribution is 2.17. The van der Waals surface area contributed by atoms with Gasteiger partial charge in [0, 0.05) is 0 Å². The third kappa shape index (κ3) is 3.79. The van der Waals surface area contributed by atoms with Crippen molar-refractivity contribution in [1.29, 1.82) is 0 Å². The van der Waals surface area contributed by atoms with Gasteiger partial charge in [0.1, 0.15) is 18.2 Å². The van der Waals surface area contributed by atoms with Gasteiger partial charge in [0.15, 0.2) is 0 Å². The molecule has 0 heterocycles. The highest BCUT2D eigenvalue weighted by atomic mass is 19.1. The van der Waals surface area contributed by atoms with Crippen LogP contribution in [0.25, 0.3) is 0 Å². The van der Waals surface area contributed by atoms with Crippen LogP contribution in [-0.2, 0) is 18.0 Å². The number of carbonyl (C=O) groups is 1. The lowest BCUT2D eigenvalue weighted by Crippen LogP contribution is -2.05. The number of hydrogen-bond acceptors (Lipinski definition) is 4. The molecule has 0 radical (unpaired) electrons. The molecule has 4 nitrogen and oxygen atoms in total. The van der Waals surface area contributed by atoms with Gasteiger partial charge < -0.3 is 14.6 Å². The molecule has 0 unspecified atom stereocenters. The van der Waals surface area contributed by atoms with Crippen molar-refractivity contribution in [2.24, 2.45) is 0 Å². The SMILES string of the molecule is COC(=O)c1ccc(COc2cccc(CO)c2)cc1F. The van der Waals surface area contributed by atoms with E-state index in [1.54, 1.807) is 30.3 Å². The average Bonchev–Trinajstić information content (AvgIpc) is 2.52. The van der Waals surface area contributed by atoms with Gasteiger partial charge in [-0.15, -0.1) is 0 Å². The van der Waals surface area contributed by atoms with Crippen molar-refractivity contribution in [2.45, 2.75) is 13.2 Å². The number of aliphatic hydroxyl groups excluding tert-OH is 1. The van der Waals surface area contributed by atoms with Gasteiger partial charge in [-0.25, -0.2) is 9.18 Å². The summed E-state index contributed by atoms with van der Waals surface area (Å²) in [6, 6.07) is 11.2. The summed E-state index contributed by atoms with van der Waals surface area (Å²) in [5.74, 6) is -0.776. The molecule has 0 bridgehead atoms. The van der Waals surface area contributed by atoms with E-state index in [0.29, 0.717) is 11.3 Å². The molecule has 0 aromatic heterocycles. The van der Waals surface area contributed by atoms with E-state index >= 15 is 0 Å². The maximum Gasteiger partial charge on any atom is 0.340 e. The summed E-state index contributed by atoms with van der Waals surface area (Å²) in [5, 5.41) is 9.04. The number of hydrogen-bond donors (Lipinski definition) is 1. The van der Waals surface area contributed by atoms with Crippen molar-refractivity contribution >= 4 is 5.97 Å². The smallest absolute Gasteiger partial charge is 0.340 e. The van der Waals surface area contributed by atoms with Gasteiger partial charge in [-0.1, -0.05) is 18.2 Å². The first kappa shape index (κ1) is 15.0. The Hall–Kier alpha value is -2.40. The second-order valence-electron chi connectivity index (χ2n) is 4.40. The van der Waals surface area contributed by atoms with Crippen molar-refractivity contribution in [3.8, 4) is 5.75 Å². The zero-order chi connectivity index (χ0) is 15.2. The summed E-state index contributed by atoms with van der Waals surface area (Å²) in [6.07, 6.45) is 0. The molecule has 2 aromatic rings. The standard InChI is InChI=1S/C16H15FO4/c1-20-16(19)14-6-5-12(8-15(14)17)10-21-13-4-2-3-11(7-13)9-18/h2-8,18H,9-10H2,1H3. The van der Waals surface area contributed by atoms with Gasteiger partial charge in [-0.3, -0.25) is 0 Å². The fourth-order valence-corrected chi connectivity index (χ4v) is 1.82. The second-order valence-corrected chi connectivity index (χ2v) is 4.40. The molecule has 0 fully saturated rings. The van der Waals surface area contributed by atoms with Gasteiger partial charge in [0.2, 0.25) is 0 Å². The van der Waals surface area contributed by atoms with Gasteiger partial charge in [0.25, 0.3) is 0 Å². The normalized spacial score (nSPS) is 10.2. The molecule has 0 spiro atoms. The lowest BCUT2D eigenvalue weighted by Gasteiger charge is -2.08. The molecule has 0 atom stereocenters. The van der Waals surface area contributed by atoms with E-state index in [1.807, 2.05) is 0 Å². The zero-order valence-corrected chi connectivity index (χ0v) is 11.5. The number of ether oxygens (including phenoxy) is 2. The Morgan fingerprint density at radius 3 is 2.67 bits per heavy atom. The van der Waals surface area contributed by atoms with E-state index < -0.39 is 11.8 Å². The molecule has 0 aliphatic heterocycles. The zero-order valence-electron chi connectivity index (χ0n) is 11.5. The van der Waals surface area contributed by atoms with Crippen LogP contribution in [0.15, 0.2) is 42.5 Å². The second kappa shape index (κ2) is 6.85. The van der Waals surface area contributed by atoms with Crippen LogP contribution in [0.1, 0.15) is 21.5 Å². The third-order valence-corrected chi connectivity index (χ3v) is 2.93. The number of carbonyl (C=O) groups excluding carboxylic acids is 1. The molecular formula is C16H15FO4. The number of esters is 1. The number of rotatable bonds is 5. The van der Waals surface area contributed by atoms with Crippen LogP contribution in [-0.4, -0.2) is 18.2 Å². The highest BCUT2D eigenvalue weighted by molar-refractivity contribution is 5.89. The Kier molecular flexibility index (Phi) is 4.90. The van der Waals surface area contributed by atoms with E-state index in [4.69, 9.17) is 9.84 Å². The summed E-state index contributed by atoms with van der Waals surface area (Å²) in [5.41, 5.74) is 1.22. The Morgan fingerprint density at radius 1 is 1.19 bits per heavy atom. The van der Waals surface area contributed by atoms with Crippen LogP contribution in [0.2, 0.25) is 0 Å². The van der Waals surface area contributed by atoms with Crippen molar-refractivity contribution in [3.63, 3.8) is 0 Å². The van der Waals surface area contributed by atoms with E-state index in [9.17, 15) is 9.18 Å². The van der Waals surface area contributed by atoms with Crippen molar-refractivity contribution in [1.82, 2.24) is 0 Å². The average molecular weight is 290 g/mol. The van der Waals surface area contributed by atoms with Crippen molar-refractivity contribution < 1.29 is 23.8 Å². The van der Waals surface area contributed by atoms with Crippen LogP contribution in [0.5, 0.6) is 5.75 Å². The highest BCUT2D eigenvalue weighted by Gasteiger charge is 2.12. The number of benzene rings is 2. The molecule has 5 heteroatoms. The summed E-state index contributed by atoms with van der Waals surface area (Å²) < 4.78 is 23.7. The summed E-state index contributed by atoms with van der Waals surface area (Å²) in [6.45, 7) is 0.0902. The minimum Gasteiger partial charge on any atom is -0.489 e. The Morgan fingerprint density at radius 2 is 2.00 bits per heavy atom. The first-order valence-corrected chi connectivity index (χ1v) is 6.33. The summed E-state index contributed by atoms with van der Waals surface area (Å²) >= 11 is 0. The molecule has 0 amide bonds. The Balaban J connectivity index is 2.06. The molecule has 0 aliphatic carbocycles. The van der Waals surface area contributed by atoms with Crippen LogP contribution in [0.4, 0.5) is 4.39 Å². The van der Waals surface area contributed by atoms with Gasteiger partial charge in [0.05, 0.1) is 19.3 Å². The van der Waals surface area contributed by atoms with Crippen LogP contribution < -0.4 is 4.74 Å².